The Hall–Kier alpha value is -3.41. The lowest BCUT2D eigenvalue weighted by Gasteiger charge is -2.11. The Kier molecular flexibility index (Phi) is 7.90. The number of fused-ring (bicyclic) bond motifs is 3. The number of imidazole rings is 1. The van der Waals surface area contributed by atoms with Crippen molar-refractivity contribution in [1.82, 2.24) is 19.9 Å². The van der Waals surface area contributed by atoms with Crippen LogP contribution in [0, 0.1) is 0 Å². The van der Waals surface area contributed by atoms with Gasteiger partial charge in [-0.15, -0.1) is 0 Å². The zero-order valence-electron chi connectivity index (χ0n) is 19.4. The van der Waals surface area contributed by atoms with E-state index in [9.17, 15) is 4.79 Å². The molecule has 4 rings (SSSR count). The molecule has 0 spiro atoms. The van der Waals surface area contributed by atoms with Crippen LogP contribution in [0.15, 0.2) is 60.8 Å². The van der Waals surface area contributed by atoms with Gasteiger partial charge in [-0.25, -0.2) is 9.78 Å². The number of hydrogen-bond donors (Lipinski definition) is 2. The van der Waals surface area contributed by atoms with Crippen LogP contribution in [-0.4, -0.2) is 27.1 Å². The molecule has 0 aliphatic carbocycles. The Labute approximate surface area is 195 Å². The lowest BCUT2D eigenvalue weighted by atomic mass is 10.1. The first-order chi connectivity index (χ1) is 16.3. The Morgan fingerprint density at radius 1 is 0.909 bits per heavy atom. The van der Waals surface area contributed by atoms with Crippen LogP contribution < -0.4 is 10.6 Å². The van der Waals surface area contributed by atoms with E-state index in [1.165, 1.54) is 24.8 Å². The molecule has 0 atom stereocenters. The van der Waals surface area contributed by atoms with Crippen molar-refractivity contribution in [2.45, 2.75) is 58.4 Å². The molecule has 2 N–H and O–H groups in total. The van der Waals surface area contributed by atoms with Gasteiger partial charge in [0.05, 0.1) is 17.2 Å². The van der Waals surface area contributed by atoms with E-state index in [0.717, 1.165) is 60.2 Å². The number of anilines is 1. The zero-order valence-corrected chi connectivity index (χ0v) is 19.4. The van der Waals surface area contributed by atoms with E-state index in [-0.39, 0.29) is 6.03 Å². The van der Waals surface area contributed by atoms with Gasteiger partial charge in [0.2, 0.25) is 0 Å². The number of pyridine rings is 1. The molecule has 2 aromatic heterocycles. The number of amides is 2. The van der Waals surface area contributed by atoms with Crippen molar-refractivity contribution in [3.8, 4) is 0 Å². The van der Waals surface area contributed by atoms with E-state index < -0.39 is 0 Å². The molecule has 6 heteroatoms. The summed E-state index contributed by atoms with van der Waals surface area (Å²) >= 11 is 0. The van der Waals surface area contributed by atoms with Crippen LogP contribution in [0.4, 0.5) is 10.5 Å². The van der Waals surface area contributed by atoms with Gasteiger partial charge in [0.1, 0.15) is 11.3 Å². The fourth-order valence-electron chi connectivity index (χ4n) is 4.25. The van der Waals surface area contributed by atoms with Crippen LogP contribution in [0.25, 0.3) is 21.9 Å². The van der Waals surface area contributed by atoms with Gasteiger partial charge in [-0.05, 0) is 37.5 Å². The second-order valence-electron chi connectivity index (χ2n) is 8.45. The third-order valence-electron chi connectivity index (χ3n) is 5.94. The molecular weight excluding hydrogens is 410 g/mol. The van der Waals surface area contributed by atoms with Gasteiger partial charge >= 0.3 is 6.03 Å². The summed E-state index contributed by atoms with van der Waals surface area (Å²) in [7, 11) is 0. The van der Waals surface area contributed by atoms with Gasteiger partial charge in [-0.1, -0.05) is 62.6 Å². The molecule has 0 saturated carbocycles. The lowest BCUT2D eigenvalue weighted by molar-refractivity contribution is 0.252. The van der Waals surface area contributed by atoms with Gasteiger partial charge in [0, 0.05) is 30.6 Å². The van der Waals surface area contributed by atoms with Crippen molar-refractivity contribution < 1.29 is 4.79 Å². The molecule has 0 unspecified atom stereocenters. The SMILES string of the molecule is CCCCCCc1nc2cnc3ccccc3c2n1CCCCNC(=O)Nc1ccccc1. The van der Waals surface area contributed by atoms with E-state index in [2.05, 4.69) is 45.3 Å². The molecule has 0 aliphatic heterocycles. The van der Waals surface area contributed by atoms with Crippen molar-refractivity contribution >= 4 is 33.7 Å². The maximum Gasteiger partial charge on any atom is 0.319 e. The highest BCUT2D eigenvalue weighted by atomic mass is 16.2. The Morgan fingerprint density at radius 2 is 1.73 bits per heavy atom. The third kappa shape index (κ3) is 5.89. The van der Waals surface area contributed by atoms with E-state index in [1.54, 1.807) is 0 Å². The molecule has 2 aromatic carbocycles. The number of carbonyl (C=O) groups is 1. The summed E-state index contributed by atoms with van der Waals surface area (Å²) in [5.41, 5.74) is 3.96. The zero-order chi connectivity index (χ0) is 22.9. The number of para-hydroxylation sites is 2. The highest BCUT2D eigenvalue weighted by Crippen LogP contribution is 2.26. The number of aromatic nitrogens is 3. The molecular formula is C27H33N5O. The number of unbranched alkanes of at least 4 members (excludes halogenated alkanes) is 4. The molecule has 0 aliphatic rings. The molecule has 0 radical (unpaired) electrons. The summed E-state index contributed by atoms with van der Waals surface area (Å²) in [5.74, 6) is 1.15. The smallest absolute Gasteiger partial charge is 0.319 e. The van der Waals surface area contributed by atoms with Crippen LogP contribution >= 0.6 is 0 Å². The predicted molar refractivity (Wildman–Crippen MR) is 136 cm³/mol. The maximum absolute atomic E-state index is 12.1. The predicted octanol–water partition coefficient (Wildman–Crippen LogP) is 6.31. The normalized spacial score (nSPS) is 11.2. The minimum atomic E-state index is -0.164. The second kappa shape index (κ2) is 11.5. The number of carbonyl (C=O) groups excluding carboxylic acids is 1. The summed E-state index contributed by atoms with van der Waals surface area (Å²) < 4.78 is 2.38. The van der Waals surface area contributed by atoms with Crippen molar-refractivity contribution in [2.75, 3.05) is 11.9 Å². The minimum Gasteiger partial charge on any atom is -0.338 e. The molecule has 6 nitrogen and oxygen atoms in total. The van der Waals surface area contributed by atoms with Crippen molar-refractivity contribution in [3.63, 3.8) is 0 Å². The average Bonchev–Trinajstić information content (AvgIpc) is 3.20. The molecule has 0 fully saturated rings. The number of benzene rings is 2. The number of urea groups is 1. The second-order valence-corrected chi connectivity index (χ2v) is 8.45. The van der Waals surface area contributed by atoms with E-state index in [4.69, 9.17) is 4.98 Å². The summed E-state index contributed by atoms with van der Waals surface area (Å²) in [6.45, 7) is 3.76. The van der Waals surface area contributed by atoms with Gasteiger partial charge in [0.25, 0.3) is 0 Å². The topological polar surface area (TPSA) is 71.8 Å². The van der Waals surface area contributed by atoms with Gasteiger partial charge in [-0.3, -0.25) is 4.98 Å². The standard InChI is InChI=1S/C27H33N5O/c1-2-3-4-8-17-25-31-24-20-29-23-16-10-9-15-22(23)26(24)32(25)19-12-11-18-28-27(33)30-21-13-6-5-7-14-21/h5-7,9-10,13-16,20H,2-4,8,11-12,17-19H2,1H3,(H2,28,30,33). The monoisotopic (exact) mass is 443 g/mol. The molecule has 0 bridgehead atoms. The minimum absolute atomic E-state index is 0.164. The maximum atomic E-state index is 12.1. The number of aryl methyl sites for hydroxylation is 2. The number of rotatable bonds is 11. The third-order valence-corrected chi connectivity index (χ3v) is 5.94. The fourth-order valence-corrected chi connectivity index (χ4v) is 4.25. The molecule has 2 heterocycles. The Balaban J connectivity index is 1.40. The first-order valence-corrected chi connectivity index (χ1v) is 12.1. The van der Waals surface area contributed by atoms with Crippen LogP contribution in [0.3, 0.4) is 0 Å². The van der Waals surface area contributed by atoms with Crippen LogP contribution in [0.5, 0.6) is 0 Å². The van der Waals surface area contributed by atoms with Crippen LogP contribution in [0.2, 0.25) is 0 Å². The molecule has 172 valence electrons. The Bertz CT molecular complexity index is 1190. The number of nitrogens with one attached hydrogen (secondary N) is 2. The largest absolute Gasteiger partial charge is 0.338 e. The van der Waals surface area contributed by atoms with Gasteiger partial charge < -0.3 is 15.2 Å². The van der Waals surface area contributed by atoms with Crippen molar-refractivity contribution in [2.24, 2.45) is 0 Å². The summed E-state index contributed by atoms with van der Waals surface area (Å²) in [6.07, 6.45) is 9.65. The number of nitrogens with zero attached hydrogens (tertiary/aromatic N) is 3. The fraction of sp³-hybridized carbons (Fsp3) is 0.370. The van der Waals surface area contributed by atoms with Crippen molar-refractivity contribution in [3.05, 3.63) is 66.6 Å². The highest BCUT2D eigenvalue weighted by molar-refractivity contribution is 6.02. The molecule has 0 saturated heterocycles. The van der Waals surface area contributed by atoms with E-state index >= 15 is 0 Å². The summed E-state index contributed by atoms with van der Waals surface area (Å²) in [6, 6.07) is 17.6. The number of hydrogen-bond acceptors (Lipinski definition) is 3. The van der Waals surface area contributed by atoms with E-state index in [0.29, 0.717) is 6.54 Å². The van der Waals surface area contributed by atoms with Crippen LogP contribution in [0.1, 0.15) is 51.3 Å². The first-order valence-electron chi connectivity index (χ1n) is 12.1. The molecule has 33 heavy (non-hydrogen) atoms. The molecule has 2 amide bonds. The first kappa shape index (κ1) is 22.8. The quantitative estimate of drug-likeness (QED) is 0.267. The summed E-state index contributed by atoms with van der Waals surface area (Å²) in [4.78, 5) is 21.7. The molecule has 4 aromatic rings. The highest BCUT2D eigenvalue weighted by Gasteiger charge is 2.14. The summed E-state index contributed by atoms with van der Waals surface area (Å²) in [5, 5.41) is 6.97. The van der Waals surface area contributed by atoms with Gasteiger partial charge in [-0.2, -0.15) is 0 Å². The van der Waals surface area contributed by atoms with Crippen molar-refractivity contribution in [1.29, 1.82) is 0 Å². The van der Waals surface area contributed by atoms with Gasteiger partial charge in [0.15, 0.2) is 0 Å². The van der Waals surface area contributed by atoms with Crippen LogP contribution in [-0.2, 0) is 13.0 Å². The Morgan fingerprint density at radius 3 is 2.58 bits per heavy atom. The lowest BCUT2D eigenvalue weighted by Crippen LogP contribution is -2.29. The van der Waals surface area contributed by atoms with E-state index in [1.807, 2.05) is 42.6 Å². The average molecular weight is 444 g/mol.